The molecule has 0 radical (unpaired) electrons. The molecule has 0 amide bonds. The number of nitrogens with one attached hydrogen (secondary N) is 1. The third-order valence-electron chi connectivity index (χ3n) is 2.84. The van der Waals surface area contributed by atoms with Crippen LogP contribution in [0, 0.1) is 0 Å². The molecule has 1 unspecified atom stereocenters. The van der Waals surface area contributed by atoms with Crippen molar-refractivity contribution in [2.75, 3.05) is 12.3 Å². The molecule has 0 aliphatic heterocycles. The van der Waals surface area contributed by atoms with Crippen LogP contribution in [-0.2, 0) is 5.75 Å². The average molecular weight is 273 g/mol. The van der Waals surface area contributed by atoms with E-state index in [9.17, 15) is 0 Å². The molecule has 1 atom stereocenters. The van der Waals surface area contributed by atoms with E-state index in [0.29, 0.717) is 0 Å². The van der Waals surface area contributed by atoms with Crippen molar-refractivity contribution < 1.29 is 0 Å². The number of rotatable bonds is 7. The van der Waals surface area contributed by atoms with E-state index >= 15 is 0 Å². The maximum Gasteiger partial charge on any atom is 0.0753 e. The zero-order chi connectivity index (χ0) is 13.3. The molecule has 2 aromatic rings. The van der Waals surface area contributed by atoms with Crippen LogP contribution in [0.15, 0.2) is 48.9 Å². The molecule has 1 N–H and O–H groups in total. The Morgan fingerprint density at radius 2 is 2.05 bits per heavy atom. The minimum atomic E-state index is 0.256. The third kappa shape index (κ3) is 5.01. The van der Waals surface area contributed by atoms with Crippen molar-refractivity contribution in [3.8, 4) is 0 Å². The maximum absolute atomic E-state index is 4.29. The van der Waals surface area contributed by atoms with E-state index in [4.69, 9.17) is 0 Å². The fraction of sp³-hybridized carbons (Fsp3) is 0.333. The molecule has 1 aromatic heterocycles. The van der Waals surface area contributed by atoms with Gasteiger partial charge in [-0.15, -0.1) is 0 Å². The van der Waals surface area contributed by atoms with Gasteiger partial charge in [0.1, 0.15) is 0 Å². The molecular formula is C15H19N3S. The highest BCUT2D eigenvalue weighted by atomic mass is 32.2. The van der Waals surface area contributed by atoms with E-state index < -0.39 is 0 Å². The van der Waals surface area contributed by atoms with Gasteiger partial charge in [0.15, 0.2) is 0 Å². The zero-order valence-electron chi connectivity index (χ0n) is 11.1. The maximum atomic E-state index is 4.29. The van der Waals surface area contributed by atoms with Crippen LogP contribution in [0.3, 0.4) is 0 Å². The lowest BCUT2D eigenvalue weighted by molar-refractivity contribution is 0.583. The molecule has 0 fully saturated rings. The quantitative estimate of drug-likeness (QED) is 0.787. The Morgan fingerprint density at radius 3 is 2.79 bits per heavy atom. The van der Waals surface area contributed by atoms with E-state index in [-0.39, 0.29) is 6.04 Å². The van der Waals surface area contributed by atoms with Crippen molar-refractivity contribution in [3.05, 3.63) is 60.2 Å². The topological polar surface area (TPSA) is 37.8 Å². The molecule has 0 aliphatic rings. The predicted octanol–water partition coefficient (Wildman–Crippen LogP) is 3.06. The summed E-state index contributed by atoms with van der Waals surface area (Å²) in [5.74, 6) is 2.17. The second kappa shape index (κ2) is 7.92. The summed E-state index contributed by atoms with van der Waals surface area (Å²) in [6, 6.07) is 10.8. The Hall–Kier alpha value is -1.39. The van der Waals surface area contributed by atoms with Gasteiger partial charge in [-0.05, 0) is 12.5 Å². The lowest BCUT2D eigenvalue weighted by Gasteiger charge is -2.12. The highest BCUT2D eigenvalue weighted by molar-refractivity contribution is 7.98. The van der Waals surface area contributed by atoms with Crippen molar-refractivity contribution in [1.29, 1.82) is 0 Å². The van der Waals surface area contributed by atoms with Gasteiger partial charge in [0, 0.05) is 42.7 Å². The summed E-state index contributed by atoms with van der Waals surface area (Å²) in [6.07, 6.45) is 5.25. The number of hydrogen-bond donors (Lipinski definition) is 1. The van der Waals surface area contributed by atoms with Crippen LogP contribution in [0.5, 0.6) is 0 Å². The van der Waals surface area contributed by atoms with Crippen LogP contribution in [0.25, 0.3) is 0 Å². The molecule has 0 bridgehead atoms. The largest absolute Gasteiger partial charge is 0.308 e. The van der Waals surface area contributed by atoms with Gasteiger partial charge in [-0.2, -0.15) is 11.8 Å². The summed E-state index contributed by atoms with van der Waals surface area (Å²) in [6.45, 7) is 3.10. The van der Waals surface area contributed by atoms with Gasteiger partial charge in [-0.1, -0.05) is 30.3 Å². The van der Waals surface area contributed by atoms with E-state index in [1.54, 1.807) is 12.4 Å². The van der Waals surface area contributed by atoms with Gasteiger partial charge < -0.3 is 5.32 Å². The van der Waals surface area contributed by atoms with Crippen LogP contribution in [0.2, 0.25) is 0 Å². The molecule has 1 heterocycles. The first-order valence-electron chi connectivity index (χ1n) is 6.47. The molecular weight excluding hydrogens is 254 g/mol. The van der Waals surface area contributed by atoms with Crippen molar-refractivity contribution >= 4 is 11.8 Å². The number of benzene rings is 1. The van der Waals surface area contributed by atoms with Crippen LogP contribution in [0.1, 0.15) is 24.2 Å². The van der Waals surface area contributed by atoms with Gasteiger partial charge in [0.2, 0.25) is 0 Å². The lowest BCUT2D eigenvalue weighted by atomic mass is 10.2. The van der Waals surface area contributed by atoms with Gasteiger partial charge in [0.25, 0.3) is 0 Å². The summed E-state index contributed by atoms with van der Waals surface area (Å²) in [7, 11) is 0. The molecule has 2 rings (SSSR count). The standard InChI is InChI=1S/C15H19N3S/c1-13(15-11-16-7-8-18-15)17-9-10-19-12-14-5-3-2-4-6-14/h2-8,11,13,17H,9-10,12H2,1H3. The number of nitrogens with zero attached hydrogens (tertiary/aromatic N) is 2. The highest BCUT2D eigenvalue weighted by Gasteiger charge is 2.04. The fourth-order valence-electron chi connectivity index (χ4n) is 1.75. The van der Waals surface area contributed by atoms with Crippen LogP contribution >= 0.6 is 11.8 Å². The molecule has 0 saturated carbocycles. The van der Waals surface area contributed by atoms with Crippen LogP contribution in [-0.4, -0.2) is 22.3 Å². The molecule has 0 spiro atoms. The Bertz CT molecular complexity index is 461. The number of hydrogen-bond acceptors (Lipinski definition) is 4. The first-order valence-corrected chi connectivity index (χ1v) is 7.62. The lowest BCUT2D eigenvalue weighted by Crippen LogP contribution is -2.22. The first-order chi connectivity index (χ1) is 9.36. The minimum absolute atomic E-state index is 0.256. The number of aromatic nitrogens is 2. The molecule has 4 heteroatoms. The minimum Gasteiger partial charge on any atom is -0.308 e. The SMILES string of the molecule is CC(NCCSCc1ccccc1)c1cnccn1. The molecule has 19 heavy (non-hydrogen) atoms. The summed E-state index contributed by atoms with van der Waals surface area (Å²) in [5.41, 5.74) is 2.38. The van der Waals surface area contributed by atoms with Crippen LogP contribution in [0.4, 0.5) is 0 Å². The third-order valence-corrected chi connectivity index (χ3v) is 3.87. The Morgan fingerprint density at radius 1 is 1.21 bits per heavy atom. The summed E-state index contributed by atoms with van der Waals surface area (Å²) >= 11 is 1.94. The normalized spacial score (nSPS) is 12.3. The summed E-state index contributed by atoms with van der Waals surface area (Å²) in [5, 5.41) is 3.46. The Kier molecular flexibility index (Phi) is 5.85. The average Bonchev–Trinajstić information content (AvgIpc) is 2.49. The van der Waals surface area contributed by atoms with Gasteiger partial charge in [-0.25, -0.2) is 0 Å². The van der Waals surface area contributed by atoms with E-state index in [1.165, 1.54) is 5.56 Å². The van der Waals surface area contributed by atoms with Gasteiger partial charge >= 0.3 is 0 Å². The highest BCUT2D eigenvalue weighted by Crippen LogP contribution is 2.11. The molecule has 3 nitrogen and oxygen atoms in total. The Balaban J connectivity index is 1.62. The smallest absolute Gasteiger partial charge is 0.0753 e. The molecule has 0 aliphatic carbocycles. The van der Waals surface area contributed by atoms with E-state index in [1.807, 2.05) is 18.0 Å². The van der Waals surface area contributed by atoms with Crippen molar-refractivity contribution in [3.63, 3.8) is 0 Å². The zero-order valence-corrected chi connectivity index (χ0v) is 11.9. The number of thioether (sulfide) groups is 1. The summed E-state index contributed by atoms with van der Waals surface area (Å²) < 4.78 is 0. The summed E-state index contributed by atoms with van der Waals surface area (Å²) in [4.78, 5) is 8.38. The van der Waals surface area contributed by atoms with Gasteiger partial charge in [-0.3, -0.25) is 9.97 Å². The predicted molar refractivity (Wildman–Crippen MR) is 81.1 cm³/mol. The molecule has 1 aromatic carbocycles. The monoisotopic (exact) mass is 273 g/mol. The van der Waals surface area contributed by atoms with Gasteiger partial charge in [0.05, 0.1) is 5.69 Å². The van der Waals surface area contributed by atoms with Crippen LogP contribution < -0.4 is 5.32 Å². The van der Waals surface area contributed by atoms with Crippen molar-refractivity contribution in [1.82, 2.24) is 15.3 Å². The van der Waals surface area contributed by atoms with Crippen molar-refractivity contribution in [2.24, 2.45) is 0 Å². The second-order valence-electron chi connectivity index (χ2n) is 4.34. The van der Waals surface area contributed by atoms with E-state index in [2.05, 4.69) is 52.5 Å². The van der Waals surface area contributed by atoms with E-state index in [0.717, 1.165) is 23.7 Å². The first kappa shape index (κ1) is 14.0. The molecule has 100 valence electrons. The second-order valence-corrected chi connectivity index (χ2v) is 5.45. The fourth-order valence-corrected chi connectivity index (χ4v) is 2.59. The van der Waals surface area contributed by atoms with Crippen molar-refractivity contribution in [2.45, 2.75) is 18.7 Å². The molecule has 0 saturated heterocycles. The Labute approximate surface area is 118 Å².